The van der Waals surface area contributed by atoms with E-state index >= 15 is 0 Å². The van der Waals surface area contributed by atoms with E-state index in [1.807, 2.05) is 7.05 Å². The second-order valence-electron chi connectivity index (χ2n) is 4.33. The molecule has 1 aliphatic heterocycles. The molecule has 1 rings (SSSR count). The molecule has 1 amide bonds. The molecule has 0 atom stereocenters. The zero-order chi connectivity index (χ0) is 10.8. The van der Waals surface area contributed by atoms with Gasteiger partial charge in [-0.25, -0.2) is 4.39 Å². The topological polar surface area (TPSA) is 32.3 Å². The average Bonchev–Trinajstić information content (AvgIpc) is 2.15. The van der Waals surface area contributed by atoms with Crippen molar-refractivity contribution in [1.82, 2.24) is 10.2 Å². The first-order valence-electron chi connectivity index (χ1n) is 5.10. The Balaban J connectivity index is 2.46. The maximum Gasteiger partial charge on any atom is 0.259 e. The Morgan fingerprint density at radius 3 is 2.29 bits per heavy atom. The van der Waals surface area contributed by atoms with Gasteiger partial charge in [0.25, 0.3) is 5.91 Å². The van der Waals surface area contributed by atoms with E-state index in [2.05, 4.69) is 5.32 Å². The van der Waals surface area contributed by atoms with Crippen LogP contribution < -0.4 is 5.32 Å². The molecular formula is C10H19FN2O. The lowest BCUT2D eigenvalue weighted by atomic mass is 10.0. The van der Waals surface area contributed by atoms with Gasteiger partial charge < -0.3 is 10.2 Å². The largest absolute Gasteiger partial charge is 0.340 e. The van der Waals surface area contributed by atoms with Crippen molar-refractivity contribution in [3.05, 3.63) is 0 Å². The first kappa shape index (κ1) is 11.4. The average molecular weight is 202 g/mol. The summed E-state index contributed by atoms with van der Waals surface area (Å²) in [7, 11) is 1.92. The minimum atomic E-state index is -1.73. The molecule has 1 fully saturated rings. The number of carbonyl (C=O) groups is 1. The van der Waals surface area contributed by atoms with Crippen LogP contribution in [0.15, 0.2) is 0 Å². The van der Waals surface area contributed by atoms with Crippen molar-refractivity contribution in [2.24, 2.45) is 0 Å². The third kappa shape index (κ3) is 2.67. The van der Waals surface area contributed by atoms with E-state index in [1.54, 1.807) is 4.90 Å². The highest BCUT2D eigenvalue weighted by molar-refractivity contribution is 5.84. The highest BCUT2D eigenvalue weighted by Gasteiger charge is 2.33. The number of nitrogens with zero attached hydrogens (tertiary/aromatic N) is 1. The molecule has 4 heteroatoms. The number of alkyl halides is 1. The normalized spacial score (nSPS) is 19.9. The fourth-order valence-electron chi connectivity index (χ4n) is 1.75. The Bertz CT molecular complexity index is 205. The molecule has 0 saturated carbocycles. The highest BCUT2D eigenvalue weighted by atomic mass is 19.1. The van der Waals surface area contributed by atoms with Gasteiger partial charge >= 0.3 is 0 Å². The van der Waals surface area contributed by atoms with E-state index in [0.29, 0.717) is 19.1 Å². The van der Waals surface area contributed by atoms with Crippen molar-refractivity contribution < 1.29 is 9.18 Å². The molecule has 14 heavy (non-hydrogen) atoms. The SMILES string of the molecule is CNC1CCN(C(=O)C(C)(C)F)CC1. The third-order valence-electron chi connectivity index (χ3n) is 2.70. The molecule has 0 radical (unpaired) electrons. The van der Waals surface area contributed by atoms with Crippen LogP contribution in [0.4, 0.5) is 4.39 Å². The predicted molar refractivity (Wildman–Crippen MR) is 53.8 cm³/mol. The summed E-state index contributed by atoms with van der Waals surface area (Å²) < 4.78 is 13.3. The zero-order valence-corrected chi connectivity index (χ0v) is 9.14. The van der Waals surface area contributed by atoms with Crippen molar-refractivity contribution in [2.75, 3.05) is 20.1 Å². The fraction of sp³-hybridized carbons (Fsp3) is 0.900. The summed E-state index contributed by atoms with van der Waals surface area (Å²) in [6.07, 6.45) is 1.83. The number of nitrogens with one attached hydrogen (secondary N) is 1. The van der Waals surface area contributed by atoms with Gasteiger partial charge in [-0.15, -0.1) is 0 Å². The quantitative estimate of drug-likeness (QED) is 0.723. The van der Waals surface area contributed by atoms with E-state index in [9.17, 15) is 9.18 Å². The van der Waals surface area contributed by atoms with Crippen LogP contribution >= 0.6 is 0 Å². The van der Waals surface area contributed by atoms with Gasteiger partial charge in [0.2, 0.25) is 0 Å². The molecule has 0 unspecified atom stereocenters. The van der Waals surface area contributed by atoms with E-state index in [4.69, 9.17) is 0 Å². The molecule has 1 aliphatic rings. The number of hydrogen-bond donors (Lipinski definition) is 1. The smallest absolute Gasteiger partial charge is 0.259 e. The number of carbonyl (C=O) groups excluding carboxylic acids is 1. The number of likely N-dealkylation sites (tertiary alicyclic amines) is 1. The summed E-state index contributed by atoms with van der Waals surface area (Å²) >= 11 is 0. The fourth-order valence-corrected chi connectivity index (χ4v) is 1.75. The second kappa shape index (κ2) is 4.26. The van der Waals surface area contributed by atoms with Crippen LogP contribution in [0.3, 0.4) is 0 Å². The predicted octanol–water partition coefficient (Wildman–Crippen LogP) is 0.945. The van der Waals surface area contributed by atoms with Crippen molar-refractivity contribution in [3.8, 4) is 0 Å². The second-order valence-corrected chi connectivity index (χ2v) is 4.33. The summed E-state index contributed by atoms with van der Waals surface area (Å²) in [5.74, 6) is -0.382. The molecule has 0 aromatic heterocycles. The molecule has 1 saturated heterocycles. The molecule has 1 N–H and O–H groups in total. The van der Waals surface area contributed by atoms with Crippen LogP contribution in [-0.4, -0.2) is 42.7 Å². The number of hydrogen-bond acceptors (Lipinski definition) is 2. The van der Waals surface area contributed by atoms with E-state index in [0.717, 1.165) is 12.8 Å². The summed E-state index contributed by atoms with van der Waals surface area (Å²) in [6, 6.07) is 0.474. The van der Waals surface area contributed by atoms with Gasteiger partial charge in [0.15, 0.2) is 5.67 Å². The van der Waals surface area contributed by atoms with Gasteiger partial charge in [-0.2, -0.15) is 0 Å². The van der Waals surface area contributed by atoms with Crippen molar-refractivity contribution in [1.29, 1.82) is 0 Å². The lowest BCUT2D eigenvalue weighted by Crippen LogP contribution is -2.49. The van der Waals surface area contributed by atoms with Crippen LogP contribution in [0.1, 0.15) is 26.7 Å². The number of rotatable bonds is 2. The Morgan fingerprint density at radius 1 is 1.43 bits per heavy atom. The number of amides is 1. The van der Waals surface area contributed by atoms with Gasteiger partial charge in [-0.1, -0.05) is 0 Å². The van der Waals surface area contributed by atoms with E-state index < -0.39 is 5.67 Å². The van der Waals surface area contributed by atoms with Crippen molar-refractivity contribution in [2.45, 2.75) is 38.4 Å². The monoisotopic (exact) mass is 202 g/mol. The van der Waals surface area contributed by atoms with Gasteiger partial charge in [0.05, 0.1) is 0 Å². The minimum absolute atomic E-state index is 0.382. The number of halogens is 1. The van der Waals surface area contributed by atoms with Crippen LogP contribution in [0.5, 0.6) is 0 Å². The van der Waals surface area contributed by atoms with Gasteiger partial charge in [-0.3, -0.25) is 4.79 Å². The van der Waals surface area contributed by atoms with Crippen LogP contribution in [0.2, 0.25) is 0 Å². The standard InChI is InChI=1S/C10H19FN2O/c1-10(2,11)9(14)13-6-4-8(12-3)5-7-13/h8,12H,4-7H2,1-3H3. The van der Waals surface area contributed by atoms with Crippen molar-refractivity contribution in [3.63, 3.8) is 0 Å². The van der Waals surface area contributed by atoms with Gasteiger partial charge in [0.1, 0.15) is 0 Å². The zero-order valence-electron chi connectivity index (χ0n) is 9.14. The summed E-state index contributed by atoms with van der Waals surface area (Å²) in [4.78, 5) is 13.2. The lowest BCUT2D eigenvalue weighted by Gasteiger charge is -2.34. The molecule has 0 spiro atoms. The van der Waals surface area contributed by atoms with Gasteiger partial charge in [0, 0.05) is 19.1 Å². The molecule has 0 bridgehead atoms. The summed E-state index contributed by atoms with van der Waals surface area (Å²) in [5, 5.41) is 3.17. The van der Waals surface area contributed by atoms with Crippen LogP contribution in [0, 0.1) is 0 Å². The summed E-state index contributed by atoms with van der Waals surface area (Å²) in [6.45, 7) is 3.97. The molecule has 0 aliphatic carbocycles. The molecule has 0 aromatic carbocycles. The molecule has 3 nitrogen and oxygen atoms in total. The lowest BCUT2D eigenvalue weighted by molar-refractivity contribution is -0.143. The van der Waals surface area contributed by atoms with Crippen LogP contribution in [-0.2, 0) is 4.79 Å². The molecule has 0 aromatic rings. The molecular weight excluding hydrogens is 183 g/mol. The Labute approximate surface area is 84.7 Å². The van der Waals surface area contributed by atoms with Gasteiger partial charge in [-0.05, 0) is 33.7 Å². The number of piperidine rings is 1. The van der Waals surface area contributed by atoms with E-state index in [-0.39, 0.29) is 5.91 Å². The minimum Gasteiger partial charge on any atom is -0.340 e. The first-order valence-corrected chi connectivity index (χ1v) is 5.10. The maximum absolute atomic E-state index is 13.3. The molecule has 1 heterocycles. The Morgan fingerprint density at radius 2 is 1.93 bits per heavy atom. The third-order valence-corrected chi connectivity index (χ3v) is 2.70. The Hall–Kier alpha value is -0.640. The van der Waals surface area contributed by atoms with Crippen LogP contribution in [0.25, 0.3) is 0 Å². The molecule has 82 valence electrons. The Kier molecular flexibility index (Phi) is 3.48. The maximum atomic E-state index is 13.3. The first-order chi connectivity index (χ1) is 6.45. The highest BCUT2D eigenvalue weighted by Crippen LogP contribution is 2.17. The summed E-state index contributed by atoms with van der Waals surface area (Å²) in [5.41, 5.74) is -1.73. The van der Waals surface area contributed by atoms with E-state index in [1.165, 1.54) is 13.8 Å². The van der Waals surface area contributed by atoms with Crippen molar-refractivity contribution >= 4 is 5.91 Å².